The molecule has 1 amide bonds. The standard InChI is InChI=1S/C26H23ClN2O3/c27-20-12-10-18(11-13-20)24(29-14-16-31-17-15-29)25-23(21-8-4-5-9-22(21)32-25)28-26(30)19-6-2-1-3-7-19/h1-13,24H,14-17H2,(H,28,30)/t24-/m0/s1. The van der Waals surface area contributed by atoms with Gasteiger partial charge in [0.25, 0.3) is 5.91 Å². The first-order chi connectivity index (χ1) is 15.7. The number of nitrogens with one attached hydrogen (secondary N) is 1. The van der Waals surface area contributed by atoms with E-state index < -0.39 is 0 Å². The molecule has 1 N–H and O–H groups in total. The van der Waals surface area contributed by atoms with E-state index in [1.807, 2.05) is 66.7 Å². The fraction of sp³-hybridized carbons (Fsp3) is 0.192. The third-order valence-electron chi connectivity index (χ3n) is 5.74. The summed E-state index contributed by atoms with van der Waals surface area (Å²) in [6.45, 7) is 2.82. The summed E-state index contributed by atoms with van der Waals surface area (Å²) in [4.78, 5) is 15.4. The van der Waals surface area contributed by atoms with Crippen molar-refractivity contribution in [3.8, 4) is 0 Å². The van der Waals surface area contributed by atoms with Crippen molar-refractivity contribution in [2.45, 2.75) is 6.04 Å². The fourth-order valence-corrected chi connectivity index (χ4v) is 4.30. The van der Waals surface area contributed by atoms with Gasteiger partial charge >= 0.3 is 0 Å². The lowest BCUT2D eigenvalue weighted by Crippen LogP contribution is -2.39. The van der Waals surface area contributed by atoms with Gasteiger partial charge in [-0.05, 0) is 42.0 Å². The Kier molecular flexibility index (Phi) is 5.95. The van der Waals surface area contributed by atoms with Crippen LogP contribution in [0.2, 0.25) is 5.02 Å². The van der Waals surface area contributed by atoms with Gasteiger partial charge in [0.2, 0.25) is 0 Å². The molecule has 0 aliphatic carbocycles. The van der Waals surface area contributed by atoms with Gasteiger partial charge in [0, 0.05) is 29.1 Å². The van der Waals surface area contributed by atoms with Crippen molar-refractivity contribution < 1.29 is 13.9 Å². The van der Waals surface area contributed by atoms with E-state index in [0.717, 1.165) is 29.6 Å². The summed E-state index contributed by atoms with van der Waals surface area (Å²) >= 11 is 6.17. The van der Waals surface area contributed by atoms with E-state index in [9.17, 15) is 4.79 Å². The van der Waals surface area contributed by atoms with E-state index in [4.69, 9.17) is 20.8 Å². The van der Waals surface area contributed by atoms with E-state index in [1.165, 1.54) is 0 Å². The van der Waals surface area contributed by atoms with Gasteiger partial charge in [0.15, 0.2) is 0 Å². The van der Waals surface area contributed by atoms with Gasteiger partial charge in [0.05, 0.1) is 24.9 Å². The number of furan rings is 1. The summed E-state index contributed by atoms with van der Waals surface area (Å²) in [7, 11) is 0. The lowest BCUT2D eigenvalue weighted by atomic mass is 10.00. The zero-order chi connectivity index (χ0) is 21.9. The number of anilines is 1. The molecule has 6 heteroatoms. The van der Waals surface area contributed by atoms with Crippen molar-refractivity contribution in [3.63, 3.8) is 0 Å². The van der Waals surface area contributed by atoms with E-state index in [-0.39, 0.29) is 11.9 Å². The molecule has 0 bridgehead atoms. The zero-order valence-corrected chi connectivity index (χ0v) is 18.2. The number of ether oxygens (including phenoxy) is 1. The van der Waals surface area contributed by atoms with Crippen molar-refractivity contribution in [3.05, 3.63) is 101 Å². The zero-order valence-electron chi connectivity index (χ0n) is 17.5. The maximum absolute atomic E-state index is 13.1. The van der Waals surface area contributed by atoms with Gasteiger partial charge in [-0.25, -0.2) is 0 Å². The van der Waals surface area contributed by atoms with Crippen LogP contribution in [0.25, 0.3) is 11.0 Å². The monoisotopic (exact) mass is 446 g/mol. The highest BCUT2D eigenvalue weighted by Crippen LogP contribution is 2.41. The first kappa shape index (κ1) is 20.8. The van der Waals surface area contributed by atoms with E-state index in [0.29, 0.717) is 35.2 Å². The van der Waals surface area contributed by atoms with Crippen LogP contribution in [-0.4, -0.2) is 37.1 Å². The lowest BCUT2D eigenvalue weighted by Gasteiger charge is -2.34. The Hall–Kier alpha value is -3.12. The van der Waals surface area contributed by atoms with Crippen LogP contribution in [0.3, 0.4) is 0 Å². The second kappa shape index (κ2) is 9.17. The molecule has 0 saturated carbocycles. The number of hydrogen-bond donors (Lipinski definition) is 1. The maximum atomic E-state index is 13.1. The van der Waals surface area contributed by atoms with Crippen LogP contribution in [0.15, 0.2) is 83.3 Å². The van der Waals surface area contributed by atoms with Crippen molar-refractivity contribution >= 4 is 34.2 Å². The predicted molar refractivity (Wildman–Crippen MR) is 126 cm³/mol. The number of halogens is 1. The molecule has 0 spiro atoms. The third-order valence-corrected chi connectivity index (χ3v) is 5.99. The number of carbonyl (C=O) groups is 1. The minimum Gasteiger partial charge on any atom is -0.457 e. The molecule has 0 radical (unpaired) electrons. The topological polar surface area (TPSA) is 54.7 Å². The number of hydrogen-bond acceptors (Lipinski definition) is 4. The van der Waals surface area contributed by atoms with E-state index >= 15 is 0 Å². The first-order valence-electron chi connectivity index (χ1n) is 10.7. The Morgan fingerprint density at radius 1 is 0.906 bits per heavy atom. The average molecular weight is 447 g/mol. The van der Waals surface area contributed by atoms with Gasteiger partial charge < -0.3 is 14.5 Å². The molecule has 4 aromatic rings. The Balaban J connectivity index is 1.63. The number of carbonyl (C=O) groups excluding carboxylic acids is 1. The number of benzene rings is 3. The number of morpholine rings is 1. The molecule has 2 heterocycles. The van der Waals surface area contributed by atoms with Crippen LogP contribution >= 0.6 is 11.6 Å². The average Bonchev–Trinajstić information content (AvgIpc) is 3.19. The molecule has 0 unspecified atom stereocenters. The van der Waals surface area contributed by atoms with Crippen LogP contribution in [-0.2, 0) is 4.74 Å². The normalized spacial score (nSPS) is 15.5. The molecule has 1 saturated heterocycles. The molecule has 1 aliphatic heterocycles. The summed E-state index contributed by atoms with van der Waals surface area (Å²) in [6, 6.07) is 24.6. The van der Waals surface area contributed by atoms with Gasteiger partial charge in [-0.1, -0.05) is 54.1 Å². The van der Waals surface area contributed by atoms with Crippen LogP contribution in [0.1, 0.15) is 27.7 Å². The predicted octanol–water partition coefficient (Wildman–Crippen LogP) is 5.76. The molecule has 1 aromatic heterocycles. The number of nitrogens with zero attached hydrogens (tertiary/aromatic N) is 1. The number of amides is 1. The van der Waals surface area contributed by atoms with Gasteiger partial charge in [-0.2, -0.15) is 0 Å². The highest BCUT2D eigenvalue weighted by Gasteiger charge is 2.31. The van der Waals surface area contributed by atoms with Crippen molar-refractivity contribution in [2.24, 2.45) is 0 Å². The van der Waals surface area contributed by atoms with Crippen molar-refractivity contribution in [2.75, 3.05) is 31.6 Å². The maximum Gasteiger partial charge on any atom is 0.255 e. The quantitative estimate of drug-likeness (QED) is 0.423. The summed E-state index contributed by atoms with van der Waals surface area (Å²) in [6.07, 6.45) is 0. The van der Waals surface area contributed by atoms with Crippen molar-refractivity contribution in [1.29, 1.82) is 0 Å². The van der Waals surface area contributed by atoms with Crippen LogP contribution < -0.4 is 5.32 Å². The molecule has 3 aromatic carbocycles. The number of fused-ring (bicyclic) bond motifs is 1. The first-order valence-corrected chi connectivity index (χ1v) is 11.0. The molecule has 5 nitrogen and oxygen atoms in total. The summed E-state index contributed by atoms with van der Waals surface area (Å²) < 4.78 is 12.0. The Morgan fingerprint density at radius 3 is 2.34 bits per heavy atom. The molecule has 5 rings (SSSR count). The largest absolute Gasteiger partial charge is 0.457 e. The molecule has 162 valence electrons. The highest BCUT2D eigenvalue weighted by molar-refractivity contribution is 6.30. The minimum atomic E-state index is -0.186. The summed E-state index contributed by atoms with van der Waals surface area (Å²) in [5.74, 6) is 0.537. The van der Waals surface area contributed by atoms with E-state index in [2.05, 4.69) is 10.2 Å². The van der Waals surface area contributed by atoms with Crippen LogP contribution in [0.4, 0.5) is 5.69 Å². The smallest absolute Gasteiger partial charge is 0.255 e. The minimum absolute atomic E-state index is 0.171. The summed E-state index contributed by atoms with van der Waals surface area (Å²) in [5.41, 5.74) is 3.07. The van der Waals surface area contributed by atoms with Crippen LogP contribution in [0.5, 0.6) is 0 Å². The van der Waals surface area contributed by atoms with Crippen molar-refractivity contribution in [1.82, 2.24) is 4.90 Å². The van der Waals surface area contributed by atoms with E-state index in [1.54, 1.807) is 12.1 Å². The lowest BCUT2D eigenvalue weighted by molar-refractivity contribution is 0.0206. The molecule has 1 aliphatic rings. The Bertz CT molecular complexity index is 1220. The Morgan fingerprint density at radius 2 is 1.59 bits per heavy atom. The Labute approximate surface area is 191 Å². The second-order valence-corrected chi connectivity index (χ2v) is 8.20. The summed E-state index contributed by atoms with van der Waals surface area (Å²) in [5, 5.41) is 4.69. The molecule has 1 fully saturated rings. The third kappa shape index (κ3) is 4.15. The number of rotatable bonds is 5. The molecular formula is C26H23ClN2O3. The SMILES string of the molecule is O=C(Nc1c([C@H](c2ccc(Cl)cc2)N2CCOCC2)oc2ccccc12)c1ccccc1. The number of para-hydroxylation sites is 1. The molecule has 32 heavy (non-hydrogen) atoms. The molecular weight excluding hydrogens is 424 g/mol. The highest BCUT2D eigenvalue weighted by atomic mass is 35.5. The fourth-order valence-electron chi connectivity index (χ4n) is 4.17. The van der Waals surface area contributed by atoms with Gasteiger partial charge in [0.1, 0.15) is 11.3 Å². The van der Waals surface area contributed by atoms with Gasteiger partial charge in [-0.3, -0.25) is 9.69 Å². The molecule has 1 atom stereocenters. The van der Waals surface area contributed by atoms with Crippen LogP contribution in [0, 0.1) is 0 Å². The van der Waals surface area contributed by atoms with Gasteiger partial charge in [-0.15, -0.1) is 0 Å². The second-order valence-electron chi connectivity index (χ2n) is 7.76.